The van der Waals surface area contributed by atoms with Gasteiger partial charge in [-0.05, 0) is 98.1 Å². The number of fused-ring (bicyclic) bond motifs is 5. The molecule has 216 valence electrons. The van der Waals surface area contributed by atoms with Crippen molar-refractivity contribution in [3.8, 4) is 0 Å². The highest BCUT2D eigenvalue weighted by Gasteiger charge is 2.60. The minimum atomic E-state index is -2.01. The Balaban J connectivity index is 1.76. The lowest BCUT2D eigenvalue weighted by molar-refractivity contribution is -0.0381. The van der Waals surface area contributed by atoms with Crippen molar-refractivity contribution >= 4 is 16.6 Å². The van der Waals surface area contributed by atoms with Crippen LogP contribution in [0.1, 0.15) is 94.4 Å². The monoisotopic (exact) mass is 558 g/mol. The molecule has 38 heavy (non-hydrogen) atoms. The van der Waals surface area contributed by atoms with E-state index in [-0.39, 0.29) is 39.2 Å². The lowest BCUT2D eigenvalue weighted by atomic mass is 9.50. The van der Waals surface area contributed by atoms with Gasteiger partial charge in [0, 0.05) is 5.41 Å². The third kappa shape index (κ3) is 4.74. The summed E-state index contributed by atoms with van der Waals surface area (Å²) >= 11 is 0. The van der Waals surface area contributed by atoms with E-state index in [1.165, 1.54) is 12.0 Å². The van der Waals surface area contributed by atoms with Crippen molar-refractivity contribution in [3.63, 3.8) is 0 Å². The van der Waals surface area contributed by atoms with Crippen LogP contribution in [0.3, 0.4) is 0 Å². The van der Waals surface area contributed by atoms with E-state index in [0.717, 1.165) is 25.7 Å². The Labute approximate surface area is 236 Å². The summed E-state index contributed by atoms with van der Waals surface area (Å²) in [5.74, 6) is 0.902. The first-order chi connectivity index (χ1) is 17.2. The highest BCUT2D eigenvalue weighted by atomic mass is 28.4. The van der Waals surface area contributed by atoms with Gasteiger partial charge in [-0.15, -0.1) is 0 Å². The summed E-state index contributed by atoms with van der Waals surface area (Å²) in [4.78, 5) is 0. The second kappa shape index (κ2) is 9.54. The highest BCUT2D eigenvalue weighted by Crippen LogP contribution is 2.65. The van der Waals surface area contributed by atoms with E-state index < -0.39 is 16.6 Å². The summed E-state index contributed by atoms with van der Waals surface area (Å²) in [5, 5.41) is 11.4. The second-order valence-electron chi connectivity index (χ2n) is 16.5. The van der Waals surface area contributed by atoms with Gasteiger partial charge in [-0.25, -0.2) is 0 Å². The van der Waals surface area contributed by atoms with Crippen LogP contribution in [0, 0.1) is 22.7 Å². The third-order valence-corrected chi connectivity index (χ3v) is 21.3. The Kier molecular flexibility index (Phi) is 7.66. The average Bonchev–Trinajstić information content (AvgIpc) is 3.02. The zero-order valence-corrected chi connectivity index (χ0v) is 28.9. The molecule has 0 heterocycles. The summed E-state index contributed by atoms with van der Waals surface area (Å²) in [6, 6.07) is 0. The maximum atomic E-state index is 11.0. The van der Waals surface area contributed by atoms with Gasteiger partial charge in [0.25, 0.3) is 0 Å². The molecule has 0 aromatic rings. The fourth-order valence-electron chi connectivity index (χ4n) is 7.79. The molecule has 0 unspecified atom stereocenters. The van der Waals surface area contributed by atoms with Crippen LogP contribution in [0.25, 0.3) is 0 Å². The highest BCUT2D eigenvalue weighted by molar-refractivity contribution is 6.74. The molecule has 3 fully saturated rings. The first-order valence-corrected chi connectivity index (χ1v) is 21.1. The molecule has 3 saturated carbocycles. The van der Waals surface area contributed by atoms with E-state index in [9.17, 15) is 5.11 Å². The Morgan fingerprint density at radius 2 is 1.47 bits per heavy atom. The molecule has 0 spiro atoms. The molecule has 4 aliphatic carbocycles. The average molecular weight is 559 g/mol. The minimum Gasteiger partial charge on any atom is -0.414 e. The largest absolute Gasteiger partial charge is 0.414 e. The fourth-order valence-corrected chi connectivity index (χ4v) is 10.6. The standard InChI is InChI=1S/C33H58O3Si2/c1-14-25-28(34)21-27-24-16-15-22-19-23(35-37(10,11)30(2,3)4)20-29(36-38(12,13)31(5,6)7)33(22,9)26(24)17-18-32(25,27)8/h14-16,23,26-29,34H,17-21H2,1-13H3/t23-,26+,27+,28-,29+,32-,33+/m1/s1. The zero-order chi connectivity index (χ0) is 28.7. The predicted octanol–water partition coefficient (Wildman–Crippen LogP) is 9.18. The van der Waals surface area contributed by atoms with Crippen LogP contribution in [0.2, 0.25) is 36.3 Å². The summed E-state index contributed by atoms with van der Waals surface area (Å²) in [7, 11) is -3.91. The molecule has 0 saturated heterocycles. The minimum absolute atomic E-state index is 0.0160. The van der Waals surface area contributed by atoms with Gasteiger partial charge in [-0.2, -0.15) is 0 Å². The van der Waals surface area contributed by atoms with Crippen molar-refractivity contribution in [1.29, 1.82) is 0 Å². The third-order valence-electron chi connectivity index (χ3n) is 12.3. The molecule has 3 nitrogen and oxygen atoms in total. The lowest BCUT2D eigenvalue weighted by Gasteiger charge is -2.59. The SMILES string of the molecule is CC=C1[C@H](O)C[C@H]2C3=CC=C4C[C@@H](O[Si](C)(C)C(C)(C)C)C[C@H](O[Si](C)(C)C(C)(C)C)[C@]4(C)[C@H]3CC[C@]12C. The summed E-state index contributed by atoms with van der Waals surface area (Å²) in [6.45, 7) is 30.8. The predicted molar refractivity (Wildman–Crippen MR) is 166 cm³/mol. The fraction of sp³-hybridized carbons (Fsp3) is 0.818. The van der Waals surface area contributed by atoms with Crippen LogP contribution in [0.5, 0.6) is 0 Å². The molecule has 0 aliphatic heterocycles. The van der Waals surface area contributed by atoms with Gasteiger partial charge < -0.3 is 14.0 Å². The van der Waals surface area contributed by atoms with Crippen molar-refractivity contribution in [2.45, 2.75) is 149 Å². The normalized spacial score (nSPS) is 39.3. The van der Waals surface area contributed by atoms with Gasteiger partial charge in [0.1, 0.15) is 0 Å². The van der Waals surface area contributed by atoms with Crippen molar-refractivity contribution in [1.82, 2.24) is 0 Å². The number of allylic oxidation sites excluding steroid dienone is 4. The number of aliphatic hydroxyl groups is 1. The van der Waals surface area contributed by atoms with Crippen molar-refractivity contribution in [2.75, 3.05) is 0 Å². The lowest BCUT2D eigenvalue weighted by Crippen LogP contribution is -2.58. The van der Waals surface area contributed by atoms with Gasteiger partial charge in [0.05, 0.1) is 18.3 Å². The Hall–Kier alpha value is -0.466. The van der Waals surface area contributed by atoms with Gasteiger partial charge in [0.2, 0.25) is 0 Å². The molecular formula is C33H58O3Si2. The van der Waals surface area contributed by atoms with Crippen molar-refractivity contribution < 1.29 is 14.0 Å². The molecule has 1 N–H and O–H groups in total. The molecule has 4 rings (SSSR count). The molecule has 0 bridgehead atoms. The summed E-state index contributed by atoms with van der Waals surface area (Å²) < 4.78 is 14.5. The first-order valence-electron chi connectivity index (χ1n) is 15.3. The Morgan fingerprint density at radius 1 is 0.895 bits per heavy atom. The molecule has 0 radical (unpaired) electrons. The Morgan fingerprint density at radius 3 is 2.03 bits per heavy atom. The van der Waals surface area contributed by atoms with E-state index in [1.54, 1.807) is 11.1 Å². The van der Waals surface area contributed by atoms with E-state index in [0.29, 0.717) is 11.8 Å². The molecule has 0 aromatic carbocycles. The van der Waals surface area contributed by atoms with Crippen LogP contribution in [-0.2, 0) is 8.85 Å². The summed E-state index contributed by atoms with van der Waals surface area (Å²) in [6.07, 6.45) is 12.4. The molecular weight excluding hydrogens is 501 g/mol. The van der Waals surface area contributed by atoms with Crippen molar-refractivity contribution in [3.05, 3.63) is 34.9 Å². The van der Waals surface area contributed by atoms with Crippen LogP contribution >= 0.6 is 0 Å². The van der Waals surface area contributed by atoms with Crippen LogP contribution in [0.15, 0.2) is 34.9 Å². The molecule has 7 atom stereocenters. The van der Waals surface area contributed by atoms with Gasteiger partial charge in [0.15, 0.2) is 16.6 Å². The van der Waals surface area contributed by atoms with E-state index in [4.69, 9.17) is 8.85 Å². The first kappa shape index (κ1) is 30.5. The topological polar surface area (TPSA) is 38.7 Å². The van der Waals surface area contributed by atoms with Crippen molar-refractivity contribution in [2.24, 2.45) is 22.7 Å². The second-order valence-corrected chi connectivity index (χ2v) is 26.0. The zero-order valence-electron chi connectivity index (χ0n) is 26.9. The molecule has 4 aliphatic rings. The number of rotatable bonds is 4. The Bertz CT molecular complexity index is 1020. The van der Waals surface area contributed by atoms with Gasteiger partial charge in [-0.1, -0.05) is 84.8 Å². The van der Waals surface area contributed by atoms with Gasteiger partial charge >= 0.3 is 0 Å². The summed E-state index contributed by atoms with van der Waals surface area (Å²) in [5.41, 5.74) is 4.45. The van der Waals surface area contributed by atoms with Crippen LogP contribution < -0.4 is 0 Å². The van der Waals surface area contributed by atoms with Crippen LogP contribution in [0.4, 0.5) is 0 Å². The number of aliphatic hydroxyl groups excluding tert-OH is 1. The number of hydrogen-bond donors (Lipinski definition) is 1. The molecule has 5 heteroatoms. The smallest absolute Gasteiger partial charge is 0.192 e. The maximum absolute atomic E-state index is 11.0. The van der Waals surface area contributed by atoms with Crippen LogP contribution in [-0.4, -0.2) is 40.1 Å². The molecule has 0 amide bonds. The van der Waals surface area contributed by atoms with E-state index in [2.05, 4.69) is 107 Å². The van der Waals surface area contributed by atoms with Gasteiger partial charge in [-0.3, -0.25) is 0 Å². The number of hydrogen-bond acceptors (Lipinski definition) is 3. The van der Waals surface area contributed by atoms with E-state index in [1.807, 2.05) is 0 Å². The molecule has 0 aromatic heterocycles. The maximum Gasteiger partial charge on any atom is 0.192 e. The quantitative estimate of drug-likeness (QED) is 0.276. The van der Waals surface area contributed by atoms with E-state index >= 15 is 0 Å².